The van der Waals surface area contributed by atoms with Gasteiger partial charge in [-0.15, -0.1) is 0 Å². The van der Waals surface area contributed by atoms with Crippen molar-refractivity contribution in [1.82, 2.24) is 10.2 Å². The van der Waals surface area contributed by atoms with Crippen molar-refractivity contribution in [3.8, 4) is 11.5 Å². The molecule has 0 bridgehead atoms. The van der Waals surface area contributed by atoms with Crippen molar-refractivity contribution in [3.63, 3.8) is 0 Å². The normalized spacial score (nSPS) is 10.3. The van der Waals surface area contributed by atoms with E-state index >= 15 is 0 Å². The predicted molar refractivity (Wildman–Crippen MR) is 75.2 cm³/mol. The molecule has 0 aliphatic rings. The summed E-state index contributed by atoms with van der Waals surface area (Å²) in [5.74, 6) is 0.381. The lowest BCUT2D eigenvalue weighted by atomic mass is 10.2. The number of hydrogen-bond donors (Lipinski definition) is 3. The van der Waals surface area contributed by atoms with Gasteiger partial charge < -0.3 is 15.2 Å². The third-order valence-corrected chi connectivity index (χ3v) is 2.83. The summed E-state index contributed by atoms with van der Waals surface area (Å²) in [5, 5.41) is 19.2. The van der Waals surface area contributed by atoms with Crippen molar-refractivity contribution < 1.29 is 14.6 Å². The number of phenols is 1. The van der Waals surface area contributed by atoms with Gasteiger partial charge in [-0.2, -0.15) is 5.10 Å². The largest absolute Gasteiger partial charge is 0.504 e. The minimum Gasteiger partial charge on any atom is -0.504 e. The van der Waals surface area contributed by atoms with E-state index in [9.17, 15) is 9.90 Å². The van der Waals surface area contributed by atoms with Gasteiger partial charge >= 0.3 is 0 Å². The number of benzene rings is 1. The van der Waals surface area contributed by atoms with Gasteiger partial charge in [0.05, 0.1) is 7.11 Å². The van der Waals surface area contributed by atoms with Crippen LogP contribution < -0.4 is 10.1 Å². The van der Waals surface area contributed by atoms with Crippen LogP contribution in [-0.2, 0) is 6.42 Å². The number of aromatic hydroxyl groups is 1. The number of phenolic OH excluding ortho intramolecular Hbond substituents is 1. The Morgan fingerprint density at radius 2 is 2.25 bits per heavy atom. The van der Waals surface area contributed by atoms with Crippen LogP contribution in [0.4, 0.5) is 5.82 Å². The Bertz CT molecular complexity index is 607. The molecule has 0 saturated heterocycles. The molecule has 6 nitrogen and oxygen atoms in total. The van der Waals surface area contributed by atoms with Crippen LogP contribution in [0.1, 0.15) is 29.4 Å². The van der Waals surface area contributed by atoms with Crippen molar-refractivity contribution >= 4 is 11.7 Å². The SMILES string of the molecule is CCCc1cc(NC(=O)c2ccc(OC)c(O)c2)n[nH]1. The van der Waals surface area contributed by atoms with Crippen LogP contribution >= 0.6 is 0 Å². The molecule has 0 saturated carbocycles. The van der Waals surface area contributed by atoms with Gasteiger partial charge in [0, 0.05) is 17.3 Å². The van der Waals surface area contributed by atoms with Gasteiger partial charge in [-0.3, -0.25) is 9.89 Å². The second kappa shape index (κ2) is 6.10. The molecule has 0 unspecified atom stereocenters. The molecule has 0 fully saturated rings. The molecule has 2 aromatic rings. The number of nitrogens with one attached hydrogen (secondary N) is 2. The summed E-state index contributed by atoms with van der Waals surface area (Å²) >= 11 is 0. The summed E-state index contributed by atoms with van der Waals surface area (Å²) in [4.78, 5) is 12.0. The number of ether oxygens (including phenoxy) is 1. The molecule has 0 spiro atoms. The maximum atomic E-state index is 12.0. The molecule has 0 atom stereocenters. The highest BCUT2D eigenvalue weighted by Crippen LogP contribution is 2.26. The Hall–Kier alpha value is -2.50. The fourth-order valence-corrected chi connectivity index (χ4v) is 1.84. The van der Waals surface area contributed by atoms with Crippen LogP contribution in [0, 0.1) is 0 Å². The highest BCUT2D eigenvalue weighted by atomic mass is 16.5. The molecular formula is C14H17N3O3. The minimum absolute atomic E-state index is 0.0751. The number of anilines is 1. The molecule has 0 aliphatic carbocycles. The molecule has 6 heteroatoms. The monoisotopic (exact) mass is 275 g/mol. The van der Waals surface area contributed by atoms with Crippen LogP contribution in [0.3, 0.4) is 0 Å². The maximum absolute atomic E-state index is 12.0. The van der Waals surface area contributed by atoms with Gasteiger partial charge in [0.2, 0.25) is 0 Å². The summed E-state index contributed by atoms with van der Waals surface area (Å²) in [6.07, 6.45) is 1.88. The standard InChI is InChI=1S/C14H17N3O3/c1-3-4-10-8-13(17-16-10)15-14(19)9-5-6-12(20-2)11(18)7-9/h5-8,18H,3-4H2,1-2H3,(H2,15,16,17,19). The first-order valence-electron chi connectivity index (χ1n) is 6.36. The summed E-state index contributed by atoms with van der Waals surface area (Å²) in [6, 6.07) is 6.27. The van der Waals surface area contributed by atoms with Crippen LogP contribution in [0.5, 0.6) is 11.5 Å². The van der Waals surface area contributed by atoms with Crippen molar-refractivity contribution in [2.24, 2.45) is 0 Å². The van der Waals surface area contributed by atoms with E-state index in [1.54, 1.807) is 12.1 Å². The smallest absolute Gasteiger partial charge is 0.257 e. The van der Waals surface area contributed by atoms with Crippen molar-refractivity contribution in [2.45, 2.75) is 19.8 Å². The zero-order chi connectivity index (χ0) is 14.5. The van der Waals surface area contributed by atoms with E-state index in [1.165, 1.54) is 19.2 Å². The molecule has 2 rings (SSSR count). The zero-order valence-electron chi connectivity index (χ0n) is 11.4. The second-order valence-corrected chi connectivity index (χ2v) is 4.37. The number of carbonyl (C=O) groups is 1. The van der Waals surface area contributed by atoms with Crippen LogP contribution in [0.15, 0.2) is 24.3 Å². The number of methoxy groups -OCH3 is 1. The quantitative estimate of drug-likeness (QED) is 0.781. The van der Waals surface area contributed by atoms with E-state index in [0.29, 0.717) is 17.1 Å². The van der Waals surface area contributed by atoms with Crippen molar-refractivity contribution in [3.05, 3.63) is 35.5 Å². The first-order valence-corrected chi connectivity index (χ1v) is 6.36. The number of carbonyl (C=O) groups excluding carboxylic acids is 1. The Kier molecular flexibility index (Phi) is 4.24. The fraction of sp³-hybridized carbons (Fsp3) is 0.286. The number of aryl methyl sites for hydroxylation is 1. The highest BCUT2D eigenvalue weighted by Gasteiger charge is 2.11. The third-order valence-electron chi connectivity index (χ3n) is 2.83. The Morgan fingerprint density at radius 1 is 1.45 bits per heavy atom. The third kappa shape index (κ3) is 3.09. The Morgan fingerprint density at radius 3 is 2.90 bits per heavy atom. The highest BCUT2D eigenvalue weighted by molar-refractivity contribution is 6.04. The zero-order valence-corrected chi connectivity index (χ0v) is 11.4. The van der Waals surface area contributed by atoms with Crippen LogP contribution in [0.2, 0.25) is 0 Å². The number of H-pyrrole nitrogens is 1. The van der Waals surface area contributed by atoms with Crippen LogP contribution in [0.25, 0.3) is 0 Å². The summed E-state index contributed by atoms with van der Waals surface area (Å²) < 4.78 is 4.93. The summed E-state index contributed by atoms with van der Waals surface area (Å²) in [7, 11) is 1.45. The average molecular weight is 275 g/mol. The molecule has 0 radical (unpaired) electrons. The lowest BCUT2D eigenvalue weighted by Gasteiger charge is -2.05. The van der Waals surface area contributed by atoms with Crippen LogP contribution in [-0.4, -0.2) is 28.3 Å². The second-order valence-electron chi connectivity index (χ2n) is 4.37. The number of hydrogen-bond acceptors (Lipinski definition) is 4. The minimum atomic E-state index is -0.336. The molecule has 3 N–H and O–H groups in total. The van der Waals surface area contributed by atoms with Gasteiger partial charge in [0.25, 0.3) is 5.91 Å². The molecular weight excluding hydrogens is 258 g/mol. The molecule has 1 aromatic carbocycles. The van der Waals surface area contributed by atoms with E-state index < -0.39 is 0 Å². The fourth-order valence-electron chi connectivity index (χ4n) is 1.84. The molecule has 1 amide bonds. The van der Waals surface area contributed by atoms with E-state index in [-0.39, 0.29) is 11.7 Å². The van der Waals surface area contributed by atoms with Gasteiger partial charge in [-0.05, 0) is 24.6 Å². The summed E-state index contributed by atoms with van der Waals surface area (Å²) in [5.41, 5.74) is 1.31. The molecule has 0 aliphatic heterocycles. The molecule has 1 aromatic heterocycles. The van der Waals surface area contributed by atoms with Gasteiger partial charge in [0.15, 0.2) is 17.3 Å². The molecule has 106 valence electrons. The predicted octanol–water partition coefficient (Wildman–Crippen LogP) is 2.33. The summed E-state index contributed by atoms with van der Waals surface area (Å²) in [6.45, 7) is 2.07. The van der Waals surface area contributed by atoms with Crippen molar-refractivity contribution in [2.75, 3.05) is 12.4 Å². The van der Waals surface area contributed by atoms with E-state index in [1.807, 2.05) is 0 Å². The van der Waals surface area contributed by atoms with Gasteiger partial charge in [-0.1, -0.05) is 13.3 Å². The van der Waals surface area contributed by atoms with Gasteiger partial charge in [-0.25, -0.2) is 0 Å². The first-order chi connectivity index (χ1) is 9.63. The number of aromatic amines is 1. The lowest BCUT2D eigenvalue weighted by Crippen LogP contribution is -2.12. The van der Waals surface area contributed by atoms with E-state index in [0.717, 1.165) is 18.5 Å². The average Bonchev–Trinajstić information content (AvgIpc) is 2.86. The van der Waals surface area contributed by atoms with Gasteiger partial charge in [0.1, 0.15) is 0 Å². The van der Waals surface area contributed by atoms with E-state index in [4.69, 9.17) is 4.74 Å². The number of amides is 1. The van der Waals surface area contributed by atoms with Crippen molar-refractivity contribution in [1.29, 1.82) is 0 Å². The lowest BCUT2D eigenvalue weighted by molar-refractivity contribution is 0.102. The topological polar surface area (TPSA) is 87.2 Å². The number of nitrogens with zero attached hydrogens (tertiary/aromatic N) is 1. The van der Waals surface area contributed by atoms with E-state index in [2.05, 4.69) is 22.4 Å². The first kappa shape index (κ1) is 13.9. The maximum Gasteiger partial charge on any atom is 0.257 e. The Labute approximate surface area is 116 Å². The number of rotatable bonds is 5. The number of aromatic nitrogens is 2. The Balaban J connectivity index is 2.09. The molecule has 20 heavy (non-hydrogen) atoms. The molecule has 1 heterocycles.